The maximum absolute atomic E-state index is 11.3. The highest BCUT2D eigenvalue weighted by Crippen LogP contribution is 2.11. The Morgan fingerprint density at radius 3 is 2.88 bits per heavy atom. The molecule has 1 rings (SSSR count). The maximum atomic E-state index is 11.3. The Morgan fingerprint density at radius 2 is 2.38 bits per heavy atom. The Kier molecular flexibility index (Phi) is 5.25. The predicted octanol–water partition coefficient (Wildman–Crippen LogP) is 1.12. The first-order valence-electron chi connectivity index (χ1n) is 5.63. The average molecular weight is 229 g/mol. The summed E-state index contributed by atoms with van der Waals surface area (Å²) in [6.07, 6.45) is 2.12. The average Bonchev–Trinajstić information content (AvgIpc) is 2.75. The molecule has 0 saturated carbocycles. The van der Waals surface area contributed by atoms with Crippen molar-refractivity contribution in [3.05, 3.63) is 0 Å². The van der Waals surface area contributed by atoms with Crippen molar-refractivity contribution in [2.24, 2.45) is 5.92 Å². The van der Waals surface area contributed by atoms with E-state index in [9.17, 15) is 9.59 Å². The van der Waals surface area contributed by atoms with Gasteiger partial charge in [0.05, 0.1) is 12.1 Å². The van der Waals surface area contributed by atoms with E-state index in [1.165, 1.54) is 0 Å². The molecule has 1 fully saturated rings. The summed E-state index contributed by atoms with van der Waals surface area (Å²) in [5.41, 5.74) is 0. The number of hydrogen-bond donors (Lipinski definition) is 1. The molecule has 1 heterocycles. The van der Waals surface area contributed by atoms with Crippen LogP contribution in [0.2, 0.25) is 0 Å². The quantitative estimate of drug-likeness (QED) is 0.717. The smallest absolute Gasteiger partial charge is 0.407 e. The highest BCUT2D eigenvalue weighted by Gasteiger charge is 2.19. The third kappa shape index (κ3) is 4.18. The summed E-state index contributed by atoms with van der Waals surface area (Å²) in [5, 5.41) is 2.51. The van der Waals surface area contributed by atoms with Gasteiger partial charge in [-0.3, -0.25) is 0 Å². The number of carbonyl (C=O) groups is 2. The zero-order chi connectivity index (χ0) is 12.0. The maximum Gasteiger partial charge on any atom is 0.407 e. The van der Waals surface area contributed by atoms with Crippen LogP contribution in [0.5, 0.6) is 0 Å². The molecule has 0 aromatic carbocycles. The zero-order valence-corrected chi connectivity index (χ0v) is 9.77. The largest absolute Gasteiger partial charge is 0.447 e. The van der Waals surface area contributed by atoms with Gasteiger partial charge in [-0.1, -0.05) is 13.8 Å². The number of amides is 1. The van der Waals surface area contributed by atoms with E-state index in [4.69, 9.17) is 9.47 Å². The molecule has 0 radical (unpaired) electrons. The minimum absolute atomic E-state index is 0.0134. The summed E-state index contributed by atoms with van der Waals surface area (Å²) in [6, 6.07) is -0.489. The number of carbonyl (C=O) groups excluding carboxylic acids is 2. The standard InChI is InChI=1S/C11H19NO4/c1-8(2)10(6-13)12-11(14)16-7-9-4-3-5-15-9/h6,8-10H,3-5,7H2,1-2H3,(H,12,14). The third-order valence-corrected chi connectivity index (χ3v) is 2.57. The molecule has 1 N–H and O–H groups in total. The number of aldehydes is 1. The molecule has 0 aromatic heterocycles. The SMILES string of the molecule is CC(C)C(C=O)NC(=O)OCC1CCCO1. The van der Waals surface area contributed by atoms with Crippen molar-refractivity contribution >= 4 is 12.4 Å². The van der Waals surface area contributed by atoms with Crippen LogP contribution in [0, 0.1) is 5.92 Å². The van der Waals surface area contributed by atoms with Crippen molar-refractivity contribution in [2.45, 2.75) is 38.8 Å². The van der Waals surface area contributed by atoms with E-state index in [1.54, 1.807) is 0 Å². The summed E-state index contributed by atoms with van der Waals surface area (Å²) >= 11 is 0. The minimum Gasteiger partial charge on any atom is -0.447 e. The first-order valence-corrected chi connectivity index (χ1v) is 5.63. The Bertz CT molecular complexity index is 236. The lowest BCUT2D eigenvalue weighted by molar-refractivity contribution is -0.110. The van der Waals surface area contributed by atoms with Crippen molar-refractivity contribution in [2.75, 3.05) is 13.2 Å². The Hall–Kier alpha value is -1.10. The molecule has 1 saturated heterocycles. The molecule has 2 unspecified atom stereocenters. The van der Waals surface area contributed by atoms with Crippen LogP contribution in [0.15, 0.2) is 0 Å². The topological polar surface area (TPSA) is 64.6 Å². The highest BCUT2D eigenvalue weighted by atomic mass is 16.6. The van der Waals surface area contributed by atoms with Gasteiger partial charge in [0.2, 0.25) is 0 Å². The van der Waals surface area contributed by atoms with E-state index in [0.717, 1.165) is 25.7 Å². The second-order valence-electron chi connectivity index (χ2n) is 4.28. The van der Waals surface area contributed by atoms with Crippen LogP contribution in [0.1, 0.15) is 26.7 Å². The lowest BCUT2D eigenvalue weighted by atomic mass is 10.1. The van der Waals surface area contributed by atoms with Crippen molar-refractivity contribution in [1.82, 2.24) is 5.32 Å². The Balaban J connectivity index is 2.21. The minimum atomic E-state index is -0.554. The number of hydrogen-bond acceptors (Lipinski definition) is 4. The van der Waals surface area contributed by atoms with E-state index in [2.05, 4.69) is 5.32 Å². The van der Waals surface area contributed by atoms with E-state index >= 15 is 0 Å². The van der Waals surface area contributed by atoms with Gasteiger partial charge in [-0.05, 0) is 18.8 Å². The van der Waals surface area contributed by atoms with Gasteiger partial charge >= 0.3 is 6.09 Å². The molecule has 16 heavy (non-hydrogen) atoms. The zero-order valence-electron chi connectivity index (χ0n) is 9.77. The lowest BCUT2D eigenvalue weighted by Crippen LogP contribution is -2.40. The molecule has 2 atom stereocenters. The van der Waals surface area contributed by atoms with Crippen LogP contribution >= 0.6 is 0 Å². The van der Waals surface area contributed by atoms with Gasteiger partial charge in [-0.2, -0.15) is 0 Å². The van der Waals surface area contributed by atoms with Gasteiger partial charge in [0.25, 0.3) is 0 Å². The number of nitrogens with one attached hydrogen (secondary N) is 1. The van der Waals surface area contributed by atoms with Crippen LogP contribution in [-0.4, -0.2) is 37.7 Å². The second kappa shape index (κ2) is 6.48. The number of alkyl carbamates (subject to hydrolysis) is 1. The second-order valence-corrected chi connectivity index (χ2v) is 4.28. The molecule has 0 aliphatic carbocycles. The predicted molar refractivity (Wildman–Crippen MR) is 58.1 cm³/mol. The van der Waals surface area contributed by atoms with Gasteiger partial charge in [0.1, 0.15) is 12.9 Å². The van der Waals surface area contributed by atoms with Gasteiger partial charge < -0.3 is 19.6 Å². The van der Waals surface area contributed by atoms with Crippen LogP contribution < -0.4 is 5.32 Å². The lowest BCUT2D eigenvalue weighted by Gasteiger charge is -2.17. The normalized spacial score (nSPS) is 21.8. The molecule has 0 spiro atoms. The van der Waals surface area contributed by atoms with Crippen molar-refractivity contribution in [1.29, 1.82) is 0 Å². The fourth-order valence-corrected chi connectivity index (χ4v) is 1.48. The summed E-state index contributed by atoms with van der Waals surface area (Å²) in [4.78, 5) is 22.0. The van der Waals surface area contributed by atoms with E-state index in [1.807, 2.05) is 13.8 Å². The fraction of sp³-hybridized carbons (Fsp3) is 0.818. The molecule has 0 bridgehead atoms. The molecule has 1 amide bonds. The van der Waals surface area contributed by atoms with Crippen molar-refractivity contribution in [3.8, 4) is 0 Å². The highest BCUT2D eigenvalue weighted by molar-refractivity contribution is 5.73. The van der Waals surface area contributed by atoms with Crippen LogP contribution in [-0.2, 0) is 14.3 Å². The van der Waals surface area contributed by atoms with Gasteiger partial charge in [0, 0.05) is 6.61 Å². The van der Waals surface area contributed by atoms with E-state index < -0.39 is 12.1 Å². The van der Waals surface area contributed by atoms with Crippen molar-refractivity contribution < 1.29 is 19.1 Å². The van der Waals surface area contributed by atoms with Crippen LogP contribution in [0.3, 0.4) is 0 Å². The van der Waals surface area contributed by atoms with Gasteiger partial charge in [-0.15, -0.1) is 0 Å². The Morgan fingerprint density at radius 1 is 1.62 bits per heavy atom. The first-order chi connectivity index (χ1) is 7.63. The molecule has 1 aliphatic heterocycles. The summed E-state index contributed by atoms with van der Waals surface area (Å²) in [6.45, 7) is 4.72. The summed E-state index contributed by atoms with van der Waals surface area (Å²) in [5.74, 6) is 0.0628. The summed E-state index contributed by atoms with van der Waals surface area (Å²) in [7, 11) is 0. The van der Waals surface area contributed by atoms with Crippen molar-refractivity contribution in [3.63, 3.8) is 0 Å². The number of ether oxygens (including phenoxy) is 2. The van der Waals surface area contributed by atoms with E-state index in [0.29, 0.717) is 0 Å². The molecular weight excluding hydrogens is 210 g/mol. The molecule has 1 aliphatic rings. The first kappa shape index (κ1) is 13.0. The van der Waals surface area contributed by atoms with Gasteiger partial charge in [0.15, 0.2) is 0 Å². The molecule has 5 nitrogen and oxygen atoms in total. The summed E-state index contributed by atoms with van der Waals surface area (Å²) < 4.78 is 10.3. The van der Waals surface area contributed by atoms with E-state index in [-0.39, 0.29) is 18.6 Å². The third-order valence-electron chi connectivity index (χ3n) is 2.57. The Labute approximate surface area is 95.5 Å². The fourth-order valence-electron chi connectivity index (χ4n) is 1.48. The molecular formula is C11H19NO4. The number of rotatable bonds is 5. The monoisotopic (exact) mass is 229 g/mol. The molecule has 92 valence electrons. The molecule has 5 heteroatoms. The van der Waals surface area contributed by atoms with Gasteiger partial charge in [-0.25, -0.2) is 4.79 Å². The molecule has 0 aromatic rings. The van der Waals surface area contributed by atoms with Crippen LogP contribution in [0.25, 0.3) is 0 Å². The van der Waals surface area contributed by atoms with Crippen LogP contribution in [0.4, 0.5) is 4.79 Å².